The first-order valence-electron chi connectivity index (χ1n) is 15.7. The molecule has 3 atom stereocenters. The van der Waals surface area contributed by atoms with E-state index in [1.54, 1.807) is 6.07 Å². The molecule has 46 heavy (non-hydrogen) atoms. The first-order valence-corrected chi connectivity index (χ1v) is 15.7. The van der Waals surface area contributed by atoms with Gasteiger partial charge in [-0.05, 0) is 67.9 Å². The molecule has 0 radical (unpaired) electrons. The van der Waals surface area contributed by atoms with Crippen LogP contribution in [0.2, 0.25) is 0 Å². The van der Waals surface area contributed by atoms with Crippen LogP contribution in [0, 0.1) is 29.8 Å². The van der Waals surface area contributed by atoms with Crippen molar-refractivity contribution in [2.24, 2.45) is 0 Å². The maximum atomic E-state index is 16.9. The van der Waals surface area contributed by atoms with E-state index in [4.69, 9.17) is 21.9 Å². The number of nitrogen functional groups attached to an aromatic ring is 1. The maximum absolute atomic E-state index is 16.9. The molecule has 3 aromatic carbocycles. The van der Waals surface area contributed by atoms with Gasteiger partial charge >= 0.3 is 6.01 Å². The van der Waals surface area contributed by atoms with Crippen LogP contribution in [0.1, 0.15) is 31.7 Å². The van der Waals surface area contributed by atoms with Crippen LogP contribution in [0.3, 0.4) is 0 Å². The number of anilines is 2. The third kappa shape index (κ3) is 4.52. The molecular formula is C36H33F3N6O. The van der Waals surface area contributed by atoms with E-state index >= 15 is 8.78 Å². The summed E-state index contributed by atoms with van der Waals surface area (Å²) >= 11 is 0. The summed E-state index contributed by atoms with van der Waals surface area (Å²) in [6.07, 6.45) is 15.0. The van der Waals surface area contributed by atoms with Gasteiger partial charge in [0.1, 0.15) is 29.6 Å². The zero-order valence-electron chi connectivity index (χ0n) is 25.4. The SMILES string of the molecule is C#Cc1c(F)ccc2cc(N)cc(-c3c(F)cc4c(N5CC6C=CC(C5)N6)nc(OC[C@@]56CCCN5C/C(=C/C)C6)nc4c3F)c12. The van der Waals surface area contributed by atoms with Crippen LogP contribution < -0.4 is 20.7 Å². The molecule has 234 valence electrons. The fourth-order valence-electron chi connectivity index (χ4n) is 7.89. The standard InChI is InChI=1S/C36H33F3N6O/c1-3-20-15-36(10-5-11-45(36)16-20)19-46-35-42-33-27(34(43-35)44-17-23-7-8-24(18-44)41-23)14-29(38)31(32(33)39)26-13-22(40)12-21-6-9-28(37)25(4-2)30(21)26/h2-3,6-9,12-14,23-24,41H,5,10-11,15-19,40H2,1H3/b20-3+/t23?,24?,36-/m0/s1. The van der Waals surface area contributed by atoms with Crippen molar-refractivity contribution in [2.45, 2.75) is 43.8 Å². The van der Waals surface area contributed by atoms with E-state index in [0.29, 0.717) is 30.9 Å². The van der Waals surface area contributed by atoms with Gasteiger partial charge in [0.05, 0.1) is 16.7 Å². The summed E-state index contributed by atoms with van der Waals surface area (Å²) in [5, 5.41) is 4.39. The van der Waals surface area contributed by atoms with E-state index in [0.717, 1.165) is 32.4 Å². The van der Waals surface area contributed by atoms with Crippen LogP contribution >= 0.6 is 0 Å². The van der Waals surface area contributed by atoms with E-state index in [9.17, 15) is 4.39 Å². The van der Waals surface area contributed by atoms with E-state index < -0.39 is 23.0 Å². The van der Waals surface area contributed by atoms with Gasteiger partial charge in [0.25, 0.3) is 0 Å². The lowest BCUT2D eigenvalue weighted by Gasteiger charge is -2.35. The highest BCUT2D eigenvalue weighted by atomic mass is 19.1. The molecule has 0 saturated carbocycles. The second kappa shape index (κ2) is 10.7. The molecule has 5 heterocycles. The lowest BCUT2D eigenvalue weighted by molar-refractivity contribution is 0.108. The number of hydrogen-bond donors (Lipinski definition) is 2. The monoisotopic (exact) mass is 622 g/mol. The summed E-state index contributed by atoms with van der Waals surface area (Å²) in [4.78, 5) is 13.8. The van der Waals surface area contributed by atoms with Crippen LogP contribution in [-0.4, -0.2) is 65.3 Å². The van der Waals surface area contributed by atoms with Gasteiger partial charge in [-0.1, -0.05) is 35.8 Å². The number of nitrogens with two attached hydrogens (primary N) is 1. The van der Waals surface area contributed by atoms with Crippen molar-refractivity contribution in [1.29, 1.82) is 0 Å². The minimum absolute atomic E-state index is 0.0285. The molecule has 1 aromatic heterocycles. The molecule has 0 aliphatic carbocycles. The summed E-state index contributed by atoms with van der Waals surface area (Å²) in [5.41, 5.74) is 7.11. The van der Waals surface area contributed by atoms with Crippen LogP contribution in [0.15, 0.2) is 54.1 Å². The number of ether oxygens (including phenoxy) is 1. The van der Waals surface area contributed by atoms with Crippen molar-refractivity contribution in [3.05, 3.63) is 77.1 Å². The fraction of sp³-hybridized carbons (Fsp3) is 0.333. The Kier molecular flexibility index (Phi) is 6.74. The molecule has 10 heteroatoms. The van der Waals surface area contributed by atoms with E-state index in [-0.39, 0.29) is 56.7 Å². The molecule has 3 N–H and O–H groups in total. The average molecular weight is 623 g/mol. The number of nitrogens with zero attached hydrogens (tertiary/aromatic N) is 4. The summed E-state index contributed by atoms with van der Waals surface area (Å²) in [6, 6.07) is 7.19. The number of benzene rings is 3. The molecule has 2 unspecified atom stereocenters. The highest BCUT2D eigenvalue weighted by Gasteiger charge is 2.47. The third-order valence-corrected chi connectivity index (χ3v) is 10.1. The Hall–Kier alpha value is -4.59. The van der Waals surface area contributed by atoms with Gasteiger partial charge in [0.15, 0.2) is 5.82 Å². The Labute approximate surface area is 264 Å². The minimum Gasteiger partial charge on any atom is -0.461 e. The van der Waals surface area contributed by atoms with Crippen molar-refractivity contribution in [3.8, 4) is 29.5 Å². The highest BCUT2D eigenvalue weighted by Crippen LogP contribution is 2.43. The fourth-order valence-corrected chi connectivity index (χ4v) is 7.89. The summed E-state index contributed by atoms with van der Waals surface area (Å²) < 4.78 is 54.4. The van der Waals surface area contributed by atoms with Gasteiger partial charge in [0, 0.05) is 48.2 Å². The summed E-state index contributed by atoms with van der Waals surface area (Å²) in [5.74, 6) is 0.311. The number of terminal acetylenes is 1. The van der Waals surface area contributed by atoms with Crippen molar-refractivity contribution in [1.82, 2.24) is 20.2 Å². The number of nitrogens with one attached hydrogen (secondary N) is 1. The number of allylic oxidation sites excluding steroid dienone is 1. The van der Waals surface area contributed by atoms with Gasteiger partial charge in [-0.25, -0.2) is 13.2 Å². The van der Waals surface area contributed by atoms with Crippen molar-refractivity contribution in [2.75, 3.05) is 43.4 Å². The average Bonchev–Trinajstić information content (AvgIpc) is 3.71. The van der Waals surface area contributed by atoms with Gasteiger partial charge in [-0.15, -0.1) is 6.42 Å². The highest BCUT2D eigenvalue weighted by molar-refractivity contribution is 6.05. The lowest BCUT2D eigenvalue weighted by atomic mass is 9.92. The number of aromatic nitrogens is 2. The van der Waals surface area contributed by atoms with Crippen molar-refractivity contribution in [3.63, 3.8) is 0 Å². The molecule has 3 fully saturated rings. The molecule has 4 aliphatic rings. The molecule has 3 saturated heterocycles. The number of rotatable bonds is 5. The smallest absolute Gasteiger partial charge is 0.319 e. The Morgan fingerprint density at radius 2 is 1.93 bits per heavy atom. The predicted octanol–water partition coefficient (Wildman–Crippen LogP) is 5.71. The van der Waals surface area contributed by atoms with Crippen molar-refractivity contribution >= 4 is 33.2 Å². The molecule has 7 nitrogen and oxygen atoms in total. The largest absolute Gasteiger partial charge is 0.461 e. The predicted molar refractivity (Wildman–Crippen MR) is 174 cm³/mol. The zero-order valence-corrected chi connectivity index (χ0v) is 25.4. The number of piperazine rings is 1. The molecule has 8 rings (SSSR count). The Balaban J connectivity index is 1.30. The first-order chi connectivity index (χ1) is 22.3. The molecule has 0 amide bonds. The topological polar surface area (TPSA) is 79.5 Å². The number of fused-ring (bicyclic) bond motifs is 5. The summed E-state index contributed by atoms with van der Waals surface area (Å²) in [7, 11) is 0. The van der Waals surface area contributed by atoms with Gasteiger partial charge in [0.2, 0.25) is 0 Å². The van der Waals surface area contributed by atoms with Gasteiger partial charge in [-0.3, -0.25) is 4.90 Å². The van der Waals surface area contributed by atoms with Crippen molar-refractivity contribution < 1.29 is 17.9 Å². The molecular weight excluding hydrogens is 589 g/mol. The molecule has 4 aliphatic heterocycles. The maximum Gasteiger partial charge on any atom is 0.319 e. The Morgan fingerprint density at radius 1 is 1.13 bits per heavy atom. The van der Waals surface area contributed by atoms with E-state index in [1.165, 1.54) is 29.8 Å². The van der Waals surface area contributed by atoms with Crippen LogP contribution in [0.25, 0.3) is 32.8 Å². The molecule has 0 spiro atoms. The van der Waals surface area contributed by atoms with E-state index in [1.807, 2.05) is 4.90 Å². The lowest BCUT2D eigenvalue weighted by Crippen LogP contribution is -2.52. The molecule has 2 bridgehead atoms. The quantitative estimate of drug-likeness (QED) is 0.168. The summed E-state index contributed by atoms with van der Waals surface area (Å²) in [6.45, 7) is 5.44. The Bertz CT molecular complexity index is 2020. The van der Waals surface area contributed by atoms with E-state index in [2.05, 4.69) is 46.3 Å². The zero-order chi connectivity index (χ0) is 31.7. The van der Waals surface area contributed by atoms with Gasteiger partial charge in [-0.2, -0.15) is 9.97 Å². The van der Waals surface area contributed by atoms with Gasteiger partial charge < -0.3 is 20.7 Å². The minimum atomic E-state index is -0.920. The number of halogens is 3. The Morgan fingerprint density at radius 3 is 2.70 bits per heavy atom. The molecule has 4 aromatic rings. The third-order valence-electron chi connectivity index (χ3n) is 10.1. The normalized spacial score (nSPS) is 24.8. The van der Waals surface area contributed by atoms with Crippen LogP contribution in [0.4, 0.5) is 24.7 Å². The second-order valence-electron chi connectivity index (χ2n) is 12.8. The number of hydrogen-bond acceptors (Lipinski definition) is 7. The van der Waals surface area contributed by atoms with Crippen LogP contribution in [0.5, 0.6) is 6.01 Å². The second-order valence-corrected chi connectivity index (χ2v) is 12.8. The van der Waals surface area contributed by atoms with Crippen LogP contribution in [-0.2, 0) is 0 Å². The first kappa shape index (κ1) is 28.9.